The Morgan fingerprint density at radius 3 is 2.73 bits per heavy atom. The molecule has 9 heteroatoms. The minimum absolute atomic E-state index is 0.0753. The van der Waals surface area contributed by atoms with Crippen molar-refractivity contribution in [3.8, 4) is 27.0 Å². The molecule has 22 heavy (non-hydrogen) atoms. The van der Waals surface area contributed by atoms with Gasteiger partial charge in [-0.15, -0.1) is 21.5 Å². The monoisotopic (exact) mass is 368 g/mol. The summed E-state index contributed by atoms with van der Waals surface area (Å²) >= 11 is 15.2. The van der Waals surface area contributed by atoms with Crippen LogP contribution in [0.3, 0.4) is 0 Å². The third-order valence-corrected chi connectivity index (χ3v) is 5.84. The number of hydrogen-bond donors (Lipinski definition) is 1. The van der Waals surface area contributed by atoms with Gasteiger partial charge in [-0.05, 0) is 23.6 Å². The van der Waals surface area contributed by atoms with E-state index >= 15 is 0 Å². The predicted molar refractivity (Wildman–Crippen MR) is 89.1 cm³/mol. The molecule has 0 saturated carbocycles. The maximum absolute atomic E-state index is 9.59. The summed E-state index contributed by atoms with van der Waals surface area (Å²) < 4.78 is 1.63. The average Bonchev–Trinajstić information content (AvgIpc) is 3.20. The molecule has 3 heterocycles. The summed E-state index contributed by atoms with van der Waals surface area (Å²) in [5.74, 6) is 0.412. The number of nitrogens with zero attached hydrogens (tertiary/aromatic N) is 4. The Hall–Kier alpha value is -1.67. The molecule has 0 aliphatic carbocycles. The number of hydrogen-bond acceptors (Lipinski definition) is 6. The van der Waals surface area contributed by atoms with Crippen molar-refractivity contribution >= 4 is 50.8 Å². The highest BCUT2D eigenvalue weighted by atomic mass is 35.5. The summed E-state index contributed by atoms with van der Waals surface area (Å²) in [4.78, 5) is 1.73. The summed E-state index contributed by atoms with van der Waals surface area (Å²) in [6.07, 6.45) is 0. The van der Waals surface area contributed by atoms with Gasteiger partial charge in [0.2, 0.25) is 4.96 Å². The van der Waals surface area contributed by atoms with Crippen LogP contribution in [0.5, 0.6) is 5.75 Å². The molecule has 3 aromatic heterocycles. The number of aromatic nitrogens is 4. The molecule has 0 amide bonds. The Balaban J connectivity index is 1.91. The SMILES string of the molecule is Oc1ccc(-c2nnc3sc(-c4cccs4)nn23)c(Cl)c1Cl. The largest absolute Gasteiger partial charge is 0.506 e. The molecule has 0 aliphatic rings. The lowest BCUT2D eigenvalue weighted by molar-refractivity contribution is 0.475. The quantitative estimate of drug-likeness (QED) is 0.561. The van der Waals surface area contributed by atoms with Gasteiger partial charge in [0.15, 0.2) is 10.8 Å². The molecule has 4 aromatic rings. The molecule has 4 rings (SSSR count). The number of benzene rings is 1. The van der Waals surface area contributed by atoms with Crippen LogP contribution in [0.15, 0.2) is 29.6 Å². The second-order valence-electron chi connectivity index (χ2n) is 4.36. The van der Waals surface area contributed by atoms with Crippen molar-refractivity contribution in [2.24, 2.45) is 0 Å². The van der Waals surface area contributed by atoms with Gasteiger partial charge in [-0.1, -0.05) is 40.6 Å². The molecule has 0 radical (unpaired) electrons. The molecule has 0 spiro atoms. The highest BCUT2D eigenvalue weighted by Gasteiger charge is 2.19. The van der Waals surface area contributed by atoms with Crippen molar-refractivity contribution < 1.29 is 5.11 Å². The maximum atomic E-state index is 9.59. The van der Waals surface area contributed by atoms with Crippen LogP contribution in [0.4, 0.5) is 0 Å². The number of phenols is 1. The first-order valence-corrected chi connectivity index (χ1v) is 8.54. The van der Waals surface area contributed by atoms with Crippen LogP contribution in [0, 0.1) is 0 Å². The van der Waals surface area contributed by atoms with Crippen LogP contribution >= 0.6 is 45.9 Å². The molecule has 0 aliphatic heterocycles. The van der Waals surface area contributed by atoms with Gasteiger partial charge in [0, 0.05) is 5.56 Å². The smallest absolute Gasteiger partial charge is 0.235 e. The average molecular weight is 369 g/mol. The zero-order chi connectivity index (χ0) is 15.3. The first-order valence-electron chi connectivity index (χ1n) is 6.08. The van der Waals surface area contributed by atoms with Crippen molar-refractivity contribution in [3.05, 3.63) is 39.7 Å². The Bertz CT molecular complexity index is 978. The van der Waals surface area contributed by atoms with Crippen LogP contribution in [-0.2, 0) is 0 Å². The van der Waals surface area contributed by atoms with Gasteiger partial charge in [0.05, 0.1) is 9.90 Å². The van der Waals surface area contributed by atoms with E-state index in [0.717, 1.165) is 9.88 Å². The third-order valence-electron chi connectivity index (χ3n) is 3.03. The fourth-order valence-corrected chi connectivity index (χ4v) is 4.04. The molecule has 0 unspecified atom stereocenters. The minimum atomic E-state index is -0.0753. The van der Waals surface area contributed by atoms with Crippen LogP contribution in [0.1, 0.15) is 0 Å². The van der Waals surface area contributed by atoms with Crippen LogP contribution < -0.4 is 0 Å². The van der Waals surface area contributed by atoms with Gasteiger partial charge in [0.1, 0.15) is 10.8 Å². The van der Waals surface area contributed by atoms with Crippen molar-refractivity contribution in [1.29, 1.82) is 0 Å². The summed E-state index contributed by atoms with van der Waals surface area (Å²) in [6.45, 7) is 0. The van der Waals surface area contributed by atoms with E-state index in [4.69, 9.17) is 23.2 Å². The molecule has 0 fully saturated rings. The summed E-state index contributed by atoms with van der Waals surface area (Å²) in [7, 11) is 0. The zero-order valence-corrected chi connectivity index (χ0v) is 13.8. The van der Waals surface area contributed by atoms with Crippen LogP contribution in [0.2, 0.25) is 10.0 Å². The number of rotatable bonds is 2. The van der Waals surface area contributed by atoms with Crippen molar-refractivity contribution in [2.75, 3.05) is 0 Å². The van der Waals surface area contributed by atoms with E-state index in [1.807, 2.05) is 17.5 Å². The lowest BCUT2D eigenvalue weighted by Gasteiger charge is -2.04. The van der Waals surface area contributed by atoms with E-state index < -0.39 is 0 Å². The number of phenolic OH excluding ortho intramolecular Hbond substituents is 1. The Kier molecular flexibility index (Phi) is 3.30. The van der Waals surface area contributed by atoms with Crippen molar-refractivity contribution in [1.82, 2.24) is 19.8 Å². The van der Waals surface area contributed by atoms with Gasteiger partial charge >= 0.3 is 0 Å². The molecule has 1 aromatic carbocycles. The molecule has 0 atom stereocenters. The number of halogens is 2. The lowest BCUT2D eigenvalue weighted by atomic mass is 10.2. The molecular weight excluding hydrogens is 363 g/mol. The second kappa shape index (κ2) is 5.20. The summed E-state index contributed by atoms with van der Waals surface area (Å²) in [5.41, 5.74) is 0.569. The molecule has 0 saturated heterocycles. The van der Waals surface area contributed by atoms with Crippen LogP contribution in [-0.4, -0.2) is 24.9 Å². The van der Waals surface area contributed by atoms with Crippen molar-refractivity contribution in [2.45, 2.75) is 0 Å². The lowest BCUT2D eigenvalue weighted by Crippen LogP contribution is -1.92. The second-order valence-corrected chi connectivity index (χ2v) is 7.02. The molecule has 0 bridgehead atoms. The molecule has 110 valence electrons. The fourth-order valence-electron chi connectivity index (χ4n) is 2.00. The van der Waals surface area contributed by atoms with Crippen LogP contribution in [0.25, 0.3) is 26.2 Å². The summed E-state index contributed by atoms with van der Waals surface area (Å²) in [5, 5.41) is 25.6. The normalized spacial score (nSPS) is 11.4. The van der Waals surface area contributed by atoms with Gasteiger partial charge in [-0.25, -0.2) is 0 Å². The Morgan fingerprint density at radius 1 is 1.09 bits per heavy atom. The maximum Gasteiger partial charge on any atom is 0.235 e. The first-order chi connectivity index (χ1) is 10.6. The van der Waals surface area contributed by atoms with E-state index in [0.29, 0.717) is 16.3 Å². The van der Waals surface area contributed by atoms with Crippen molar-refractivity contribution in [3.63, 3.8) is 0 Å². The third kappa shape index (κ3) is 2.09. The number of aromatic hydroxyl groups is 1. The highest BCUT2D eigenvalue weighted by molar-refractivity contribution is 7.23. The predicted octanol–water partition coefficient (Wildman–Crippen LogP) is 4.59. The Labute approximate surface area is 142 Å². The molecule has 5 nitrogen and oxygen atoms in total. The van der Waals surface area contributed by atoms with Gasteiger partial charge < -0.3 is 5.11 Å². The van der Waals surface area contributed by atoms with E-state index in [1.165, 1.54) is 17.4 Å². The molecular formula is C13H6Cl2N4OS2. The standard InChI is InChI=1S/C13H6Cl2N4OS2/c14-9-6(3-4-7(20)10(9)15)11-16-17-13-19(11)18-12(22-13)8-2-1-5-21-8/h1-5,20H. The topological polar surface area (TPSA) is 63.3 Å². The molecule has 1 N–H and O–H groups in total. The van der Waals surface area contributed by atoms with E-state index in [9.17, 15) is 5.11 Å². The first kappa shape index (κ1) is 14.0. The minimum Gasteiger partial charge on any atom is -0.506 e. The number of fused-ring (bicyclic) bond motifs is 1. The van der Waals surface area contributed by atoms with E-state index in [-0.39, 0.29) is 15.8 Å². The number of thiophene rings is 1. The zero-order valence-electron chi connectivity index (χ0n) is 10.7. The van der Waals surface area contributed by atoms with Gasteiger partial charge in [-0.3, -0.25) is 0 Å². The van der Waals surface area contributed by atoms with Gasteiger partial charge in [0.25, 0.3) is 0 Å². The fraction of sp³-hybridized carbons (Fsp3) is 0. The van der Waals surface area contributed by atoms with Gasteiger partial charge in [-0.2, -0.15) is 9.61 Å². The highest BCUT2D eigenvalue weighted by Crippen LogP contribution is 2.39. The van der Waals surface area contributed by atoms with E-state index in [1.54, 1.807) is 21.9 Å². The Morgan fingerprint density at radius 2 is 1.95 bits per heavy atom. The van der Waals surface area contributed by atoms with E-state index in [2.05, 4.69) is 15.3 Å². The summed E-state index contributed by atoms with van der Waals surface area (Å²) in [6, 6.07) is 7.09.